The van der Waals surface area contributed by atoms with Crippen molar-refractivity contribution in [1.29, 1.82) is 0 Å². The SMILES string of the molecule is CC(=O)OP(=O)(O)O.[Ag].[Ag]. The minimum absolute atomic E-state index is 0. The van der Waals surface area contributed by atoms with E-state index in [0.717, 1.165) is 6.92 Å². The Labute approximate surface area is 88.8 Å². The zero-order chi connectivity index (χ0) is 6.78. The minimum Gasteiger partial charge on any atom is -0.371 e. The summed E-state index contributed by atoms with van der Waals surface area (Å²) in [7, 11) is -4.57. The first kappa shape index (κ1) is 17.3. The molecule has 0 aliphatic carbocycles. The summed E-state index contributed by atoms with van der Waals surface area (Å²) in [6.45, 7) is 0.916. The van der Waals surface area contributed by atoms with Crippen molar-refractivity contribution in [2.75, 3.05) is 0 Å². The summed E-state index contributed by atoms with van der Waals surface area (Å²) < 4.78 is 13.2. The first-order valence-corrected chi connectivity index (χ1v) is 3.20. The Hall–Kier alpha value is 1.10. The number of carbonyl (C=O) groups is 1. The fourth-order valence-corrected chi connectivity index (χ4v) is 0.502. The summed E-state index contributed by atoms with van der Waals surface area (Å²) >= 11 is 0. The van der Waals surface area contributed by atoms with Gasteiger partial charge >= 0.3 is 13.8 Å². The fourth-order valence-electron chi connectivity index (χ4n) is 0.167. The zero-order valence-corrected chi connectivity index (χ0v) is 8.53. The van der Waals surface area contributed by atoms with Crippen LogP contribution in [0.4, 0.5) is 0 Å². The van der Waals surface area contributed by atoms with Gasteiger partial charge in [0.25, 0.3) is 0 Å². The molecule has 0 aliphatic heterocycles. The van der Waals surface area contributed by atoms with Gasteiger partial charge in [-0.25, -0.2) is 4.57 Å². The normalized spacial score (nSPS) is 8.70. The molecule has 0 aromatic rings. The maximum atomic E-state index is 9.74. The van der Waals surface area contributed by atoms with E-state index in [4.69, 9.17) is 9.79 Å². The third-order valence-corrected chi connectivity index (χ3v) is 0.742. The standard InChI is InChI=1S/C2H5O5P.2Ag/c1-2(3)7-8(4,5)6;;/h1H3,(H2,4,5,6);;. The quantitative estimate of drug-likeness (QED) is 0.495. The van der Waals surface area contributed by atoms with Crippen LogP contribution in [0, 0.1) is 0 Å². The summed E-state index contributed by atoms with van der Waals surface area (Å²) in [4.78, 5) is 25.5. The molecule has 0 rings (SSSR count). The van der Waals surface area contributed by atoms with E-state index in [-0.39, 0.29) is 44.8 Å². The molecule has 0 bridgehead atoms. The molecule has 10 heavy (non-hydrogen) atoms. The van der Waals surface area contributed by atoms with Crippen molar-refractivity contribution in [2.45, 2.75) is 6.92 Å². The molecule has 70 valence electrons. The Balaban J connectivity index is -0.000000245. The predicted octanol–water partition coefficient (Wildman–Crippen LogP) is -0.363. The molecular formula is C2H5Ag2O5P. The van der Waals surface area contributed by atoms with Crippen LogP contribution < -0.4 is 0 Å². The molecule has 0 heterocycles. The Morgan fingerprint density at radius 1 is 1.40 bits per heavy atom. The zero-order valence-electron chi connectivity index (χ0n) is 4.67. The number of carbonyl (C=O) groups excluding carboxylic acids is 1. The molecule has 0 saturated heterocycles. The summed E-state index contributed by atoms with van der Waals surface area (Å²) in [5.41, 5.74) is 0. The van der Waals surface area contributed by atoms with Gasteiger partial charge in [-0.3, -0.25) is 14.6 Å². The van der Waals surface area contributed by atoms with E-state index in [1.54, 1.807) is 0 Å². The van der Waals surface area contributed by atoms with Crippen molar-refractivity contribution < 1.29 is 68.4 Å². The van der Waals surface area contributed by atoms with Gasteiger partial charge in [-0.1, -0.05) is 0 Å². The molecule has 0 atom stereocenters. The van der Waals surface area contributed by atoms with Crippen molar-refractivity contribution in [3.63, 3.8) is 0 Å². The number of hydrogen-bond donors (Lipinski definition) is 2. The van der Waals surface area contributed by atoms with Crippen molar-refractivity contribution >= 4 is 13.8 Å². The molecule has 0 unspecified atom stereocenters. The molecule has 0 aromatic heterocycles. The monoisotopic (exact) mass is 354 g/mol. The molecule has 0 spiro atoms. The maximum absolute atomic E-state index is 9.74. The largest absolute Gasteiger partial charge is 0.526 e. The second-order valence-corrected chi connectivity index (χ2v) is 2.24. The van der Waals surface area contributed by atoms with E-state index < -0.39 is 13.8 Å². The minimum atomic E-state index is -4.57. The van der Waals surface area contributed by atoms with Crippen LogP contribution in [0.3, 0.4) is 0 Å². The third kappa shape index (κ3) is 16.0. The Morgan fingerprint density at radius 2 is 1.70 bits per heavy atom. The van der Waals surface area contributed by atoms with Crippen LogP contribution in [0.15, 0.2) is 0 Å². The first-order chi connectivity index (χ1) is 3.42. The van der Waals surface area contributed by atoms with Gasteiger partial charge < -0.3 is 4.52 Å². The molecule has 0 aliphatic rings. The van der Waals surface area contributed by atoms with E-state index in [0.29, 0.717) is 0 Å². The molecule has 0 saturated carbocycles. The average Bonchev–Trinajstić information content (AvgIpc) is 1.21. The van der Waals surface area contributed by atoms with E-state index >= 15 is 0 Å². The Kier molecular flexibility index (Phi) is 11.7. The molecule has 5 nitrogen and oxygen atoms in total. The number of rotatable bonds is 1. The topological polar surface area (TPSA) is 83.8 Å². The van der Waals surface area contributed by atoms with E-state index in [1.165, 1.54) is 0 Å². The van der Waals surface area contributed by atoms with E-state index in [9.17, 15) is 9.36 Å². The van der Waals surface area contributed by atoms with Crippen molar-refractivity contribution in [1.82, 2.24) is 0 Å². The van der Waals surface area contributed by atoms with Crippen molar-refractivity contribution in [2.24, 2.45) is 0 Å². The van der Waals surface area contributed by atoms with Crippen LogP contribution in [-0.2, 0) is 58.6 Å². The molecule has 2 radical (unpaired) electrons. The second kappa shape index (κ2) is 6.79. The third-order valence-electron chi connectivity index (χ3n) is 0.247. The molecule has 0 aromatic carbocycles. The molecule has 2 N–H and O–H groups in total. The van der Waals surface area contributed by atoms with Gasteiger partial charge in [-0.05, 0) is 0 Å². The molecule has 0 amide bonds. The fraction of sp³-hybridized carbons (Fsp3) is 0.500. The number of phosphoric ester groups is 1. The van der Waals surface area contributed by atoms with Crippen molar-refractivity contribution in [3.8, 4) is 0 Å². The van der Waals surface area contributed by atoms with Gasteiger partial charge in [0.15, 0.2) is 0 Å². The van der Waals surface area contributed by atoms with E-state index in [2.05, 4.69) is 4.52 Å². The van der Waals surface area contributed by atoms with Gasteiger partial charge in [0.1, 0.15) is 0 Å². The first-order valence-electron chi connectivity index (χ1n) is 1.67. The average molecular weight is 356 g/mol. The summed E-state index contributed by atoms with van der Waals surface area (Å²) in [5, 5.41) is 0. The van der Waals surface area contributed by atoms with Gasteiger partial charge in [-0.2, -0.15) is 0 Å². The van der Waals surface area contributed by atoms with Crippen LogP contribution in [0.5, 0.6) is 0 Å². The summed E-state index contributed by atoms with van der Waals surface area (Å²) in [6.07, 6.45) is 0. The smallest absolute Gasteiger partial charge is 0.371 e. The van der Waals surface area contributed by atoms with Gasteiger partial charge in [-0.15, -0.1) is 0 Å². The van der Waals surface area contributed by atoms with Crippen LogP contribution in [0.2, 0.25) is 0 Å². The van der Waals surface area contributed by atoms with Crippen LogP contribution in [0.25, 0.3) is 0 Å². The summed E-state index contributed by atoms with van der Waals surface area (Å²) in [6, 6.07) is 0. The number of phosphoric acid groups is 1. The Morgan fingerprint density at radius 3 is 1.70 bits per heavy atom. The number of hydrogen-bond acceptors (Lipinski definition) is 3. The summed E-state index contributed by atoms with van der Waals surface area (Å²) in [5.74, 6) is -0.988. The predicted molar refractivity (Wildman–Crippen MR) is 23.8 cm³/mol. The van der Waals surface area contributed by atoms with Gasteiger partial charge in [0.2, 0.25) is 0 Å². The maximum Gasteiger partial charge on any atom is 0.526 e. The molecular weight excluding hydrogens is 351 g/mol. The van der Waals surface area contributed by atoms with Crippen LogP contribution >= 0.6 is 7.82 Å². The van der Waals surface area contributed by atoms with Gasteiger partial charge in [0.05, 0.1) is 0 Å². The van der Waals surface area contributed by atoms with Crippen LogP contribution in [0.1, 0.15) is 6.92 Å². The Bertz CT molecular complexity index is 141. The van der Waals surface area contributed by atoms with Crippen molar-refractivity contribution in [3.05, 3.63) is 0 Å². The van der Waals surface area contributed by atoms with Crippen LogP contribution in [-0.4, -0.2) is 15.8 Å². The molecule has 8 heteroatoms. The van der Waals surface area contributed by atoms with E-state index in [1.807, 2.05) is 0 Å². The van der Waals surface area contributed by atoms with Gasteiger partial charge in [0, 0.05) is 51.7 Å². The molecule has 0 fully saturated rings. The second-order valence-electron chi connectivity index (χ2n) is 1.07.